The van der Waals surface area contributed by atoms with E-state index in [1.165, 1.54) is 0 Å². The zero-order chi connectivity index (χ0) is 16.4. The van der Waals surface area contributed by atoms with Gasteiger partial charge in [-0.15, -0.1) is 12.4 Å². The van der Waals surface area contributed by atoms with Crippen molar-refractivity contribution in [2.75, 3.05) is 18.0 Å². The summed E-state index contributed by atoms with van der Waals surface area (Å²) in [6.07, 6.45) is 2.24. The van der Waals surface area contributed by atoms with Gasteiger partial charge in [0.2, 0.25) is 11.8 Å². The zero-order valence-electron chi connectivity index (χ0n) is 13.2. The Morgan fingerprint density at radius 1 is 1.08 bits per heavy atom. The number of aliphatic carboxylic acids is 1. The first-order valence-corrected chi connectivity index (χ1v) is 7.96. The minimum absolute atomic E-state index is 0. The smallest absolute Gasteiger partial charge is 0.306 e. The van der Waals surface area contributed by atoms with Crippen LogP contribution in [-0.2, 0) is 14.4 Å². The van der Waals surface area contributed by atoms with E-state index < -0.39 is 5.97 Å². The van der Waals surface area contributed by atoms with Crippen LogP contribution in [0.1, 0.15) is 37.2 Å². The quantitative estimate of drug-likeness (QED) is 0.812. The summed E-state index contributed by atoms with van der Waals surface area (Å²) in [6, 6.07) is 7.80. The van der Waals surface area contributed by atoms with Crippen LogP contribution in [0.4, 0.5) is 5.69 Å². The Hall–Kier alpha value is -2.08. The maximum atomic E-state index is 11.9. The molecule has 3 rings (SSSR count). The molecule has 24 heavy (non-hydrogen) atoms. The van der Waals surface area contributed by atoms with Gasteiger partial charge in [0.15, 0.2) is 0 Å². The molecule has 2 heterocycles. The summed E-state index contributed by atoms with van der Waals surface area (Å²) < 4.78 is 0. The van der Waals surface area contributed by atoms with Gasteiger partial charge in [0.1, 0.15) is 0 Å². The predicted molar refractivity (Wildman–Crippen MR) is 91.4 cm³/mol. The number of carboxylic acid groups (broad SMARTS) is 1. The second-order valence-electron chi connectivity index (χ2n) is 6.19. The Morgan fingerprint density at radius 3 is 2.25 bits per heavy atom. The molecule has 7 heteroatoms. The van der Waals surface area contributed by atoms with E-state index in [0.717, 1.165) is 24.3 Å². The highest BCUT2D eigenvalue weighted by molar-refractivity contribution is 6.00. The number of nitrogens with one attached hydrogen (secondary N) is 1. The van der Waals surface area contributed by atoms with Crippen LogP contribution in [0.15, 0.2) is 24.3 Å². The Morgan fingerprint density at radius 2 is 1.71 bits per heavy atom. The average molecular weight is 353 g/mol. The molecule has 0 saturated carbocycles. The average Bonchev–Trinajstić information content (AvgIpc) is 2.55. The summed E-state index contributed by atoms with van der Waals surface area (Å²) >= 11 is 0. The van der Waals surface area contributed by atoms with Crippen molar-refractivity contribution >= 4 is 35.9 Å². The molecule has 0 unspecified atom stereocenters. The molecule has 130 valence electrons. The Kier molecular flexibility index (Phi) is 5.83. The monoisotopic (exact) mass is 352 g/mol. The number of halogens is 1. The first-order valence-electron chi connectivity index (χ1n) is 7.96. The third-order valence-corrected chi connectivity index (χ3v) is 4.74. The van der Waals surface area contributed by atoms with Crippen LogP contribution in [0.5, 0.6) is 0 Å². The van der Waals surface area contributed by atoms with Crippen LogP contribution in [0.3, 0.4) is 0 Å². The Labute approximate surface area is 146 Å². The molecule has 1 atom stereocenters. The molecule has 0 aliphatic carbocycles. The number of nitrogens with zero attached hydrogens (tertiary/aromatic N) is 1. The van der Waals surface area contributed by atoms with Crippen LogP contribution in [0.2, 0.25) is 0 Å². The largest absolute Gasteiger partial charge is 0.481 e. The first kappa shape index (κ1) is 18.3. The number of hydrogen-bond acceptors (Lipinski definition) is 4. The number of imide groups is 1. The van der Waals surface area contributed by atoms with Crippen LogP contribution in [0.25, 0.3) is 0 Å². The summed E-state index contributed by atoms with van der Waals surface area (Å²) in [5, 5.41) is 11.4. The minimum Gasteiger partial charge on any atom is -0.481 e. The molecular formula is C17H21ClN2O4. The van der Waals surface area contributed by atoms with Crippen molar-refractivity contribution in [3.8, 4) is 0 Å². The van der Waals surface area contributed by atoms with Crippen molar-refractivity contribution in [3.05, 3.63) is 29.8 Å². The molecule has 0 radical (unpaired) electrons. The zero-order valence-corrected chi connectivity index (χ0v) is 14.1. The lowest BCUT2D eigenvalue weighted by Gasteiger charge is -2.32. The summed E-state index contributed by atoms with van der Waals surface area (Å²) in [5.74, 6) is -1.65. The lowest BCUT2D eigenvalue weighted by Crippen LogP contribution is -2.39. The molecule has 2 aliphatic rings. The van der Waals surface area contributed by atoms with Crippen molar-refractivity contribution in [2.45, 2.75) is 31.6 Å². The van der Waals surface area contributed by atoms with Crippen LogP contribution in [-0.4, -0.2) is 36.0 Å². The second-order valence-corrected chi connectivity index (χ2v) is 6.19. The van der Waals surface area contributed by atoms with Crippen molar-refractivity contribution in [3.63, 3.8) is 0 Å². The number of hydrogen-bond donors (Lipinski definition) is 2. The molecule has 1 aromatic carbocycles. The molecular weight excluding hydrogens is 332 g/mol. The highest BCUT2D eigenvalue weighted by Gasteiger charge is 2.28. The van der Waals surface area contributed by atoms with Gasteiger partial charge in [-0.2, -0.15) is 0 Å². The van der Waals surface area contributed by atoms with E-state index in [-0.39, 0.29) is 36.1 Å². The number of benzene rings is 1. The van der Waals surface area contributed by atoms with Gasteiger partial charge in [0.25, 0.3) is 0 Å². The number of carbonyl (C=O) groups is 3. The third-order valence-electron chi connectivity index (χ3n) is 4.74. The fourth-order valence-corrected chi connectivity index (χ4v) is 3.31. The normalized spacial score (nSPS) is 21.8. The van der Waals surface area contributed by atoms with E-state index in [1.54, 1.807) is 0 Å². The summed E-state index contributed by atoms with van der Waals surface area (Å²) in [6.45, 7) is 1.46. The van der Waals surface area contributed by atoms with E-state index in [0.29, 0.717) is 25.7 Å². The van der Waals surface area contributed by atoms with Gasteiger partial charge in [-0.25, -0.2) is 0 Å². The number of amides is 2. The van der Waals surface area contributed by atoms with Gasteiger partial charge in [-0.05, 0) is 37.0 Å². The van der Waals surface area contributed by atoms with Gasteiger partial charge < -0.3 is 10.0 Å². The number of piperidine rings is 2. The van der Waals surface area contributed by atoms with Crippen molar-refractivity contribution in [1.82, 2.24) is 5.32 Å². The highest BCUT2D eigenvalue weighted by atomic mass is 35.5. The molecule has 2 saturated heterocycles. The maximum Gasteiger partial charge on any atom is 0.306 e. The maximum absolute atomic E-state index is 11.9. The summed E-state index contributed by atoms with van der Waals surface area (Å²) in [7, 11) is 0. The number of carboxylic acids is 1. The Bertz CT molecular complexity index is 624. The molecule has 0 bridgehead atoms. The third kappa shape index (κ3) is 3.87. The van der Waals surface area contributed by atoms with Crippen LogP contribution >= 0.6 is 12.4 Å². The van der Waals surface area contributed by atoms with E-state index in [9.17, 15) is 14.4 Å². The standard InChI is InChI=1S/C17H20N2O4.ClH/c20-15-6-5-14(16(21)18-15)11-1-3-13(4-2-11)19-9-7-12(8-10-19)17(22)23;/h1-4,12,14H,5-10H2,(H,22,23)(H,18,20,21);1H/t14-;/m1./s1. The van der Waals surface area contributed by atoms with Crippen molar-refractivity contribution in [1.29, 1.82) is 0 Å². The van der Waals surface area contributed by atoms with Gasteiger partial charge in [0.05, 0.1) is 11.8 Å². The van der Waals surface area contributed by atoms with E-state index in [4.69, 9.17) is 5.11 Å². The molecule has 1 aromatic rings. The molecule has 2 aliphatic heterocycles. The highest BCUT2D eigenvalue weighted by Crippen LogP contribution is 2.28. The molecule has 0 spiro atoms. The van der Waals surface area contributed by atoms with E-state index in [1.807, 2.05) is 24.3 Å². The Balaban J connectivity index is 0.00000208. The van der Waals surface area contributed by atoms with Gasteiger partial charge in [-0.1, -0.05) is 12.1 Å². The van der Waals surface area contributed by atoms with Crippen LogP contribution < -0.4 is 10.2 Å². The first-order chi connectivity index (χ1) is 11.0. The molecule has 2 N–H and O–H groups in total. The molecule has 2 amide bonds. The van der Waals surface area contributed by atoms with Gasteiger partial charge >= 0.3 is 5.97 Å². The molecule has 6 nitrogen and oxygen atoms in total. The van der Waals surface area contributed by atoms with E-state index in [2.05, 4.69) is 10.2 Å². The fraction of sp³-hybridized carbons (Fsp3) is 0.471. The van der Waals surface area contributed by atoms with Crippen LogP contribution in [0, 0.1) is 5.92 Å². The minimum atomic E-state index is -0.710. The molecule has 2 fully saturated rings. The van der Waals surface area contributed by atoms with Crippen molar-refractivity contribution in [2.24, 2.45) is 5.92 Å². The van der Waals surface area contributed by atoms with Gasteiger partial charge in [0, 0.05) is 25.2 Å². The van der Waals surface area contributed by atoms with Gasteiger partial charge in [-0.3, -0.25) is 19.7 Å². The number of anilines is 1. The number of carbonyl (C=O) groups excluding carboxylic acids is 2. The summed E-state index contributed by atoms with van der Waals surface area (Å²) in [5.41, 5.74) is 1.96. The van der Waals surface area contributed by atoms with E-state index >= 15 is 0 Å². The lowest BCUT2D eigenvalue weighted by atomic mass is 9.90. The summed E-state index contributed by atoms with van der Waals surface area (Å²) in [4.78, 5) is 36.3. The second kappa shape index (κ2) is 7.66. The predicted octanol–water partition coefficient (Wildman–Crippen LogP) is 1.93. The topological polar surface area (TPSA) is 86.7 Å². The lowest BCUT2D eigenvalue weighted by molar-refractivity contribution is -0.142. The molecule has 0 aromatic heterocycles. The SMILES string of the molecule is Cl.O=C1CC[C@H](c2ccc(N3CCC(C(=O)O)CC3)cc2)C(=O)N1. The number of rotatable bonds is 3. The fourth-order valence-electron chi connectivity index (χ4n) is 3.31. The van der Waals surface area contributed by atoms with Crippen molar-refractivity contribution < 1.29 is 19.5 Å².